The van der Waals surface area contributed by atoms with Crippen molar-refractivity contribution >= 4 is 29.1 Å². The third-order valence-electron chi connectivity index (χ3n) is 8.55. The third-order valence-corrected chi connectivity index (χ3v) is 9.37. The summed E-state index contributed by atoms with van der Waals surface area (Å²) < 4.78 is 11.1. The van der Waals surface area contributed by atoms with Crippen molar-refractivity contribution in [2.24, 2.45) is 5.92 Å². The van der Waals surface area contributed by atoms with E-state index in [0.29, 0.717) is 87.7 Å². The largest absolute Gasteiger partial charge is 0.480 e. The van der Waals surface area contributed by atoms with Crippen molar-refractivity contribution in [2.75, 3.05) is 27.3 Å². The first-order chi connectivity index (χ1) is 22.8. The number of carbonyl (C=O) groups excluding carboxylic acids is 1. The quantitative estimate of drug-likeness (QED) is 0.156. The highest BCUT2D eigenvalue weighted by Crippen LogP contribution is 2.42. The van der Waals surface area contributed by atoms with Crippen molar-refractivity contribution < 1.29 is 19.4 Å². The van der Waals surface area contributed by atoms with Gasteiger partial charge in [-0.05, 0) is 31.7 Å². The molecule has 1 aliphatic carbocycles. The number of nitrogens with one attached hydrogen (secondary N) is 3. The molecule has 47 heavy (non-hydrogen) atoms. The standard InChI is InChI=1S/C34H37Cl2N7O4/c1-46-33-28(15-37-13-19-11-21(44)12-19)39-17-26(42-33)24-7-3-5-22(31(24)35)23-6-4-8-25(32(23)36)27-18-40-29(34(43-27)47-2)16-38-14-20-9-10-30(45)41-20/h3-8,17-21,37-38,44H,9-16H2,1-2H3,(H,41,45). The predicted molar refractivity (Wildman–Crippen MR) is 180 cm³/mol. The number of nitrogens with zero attached hydrogens (tertiary/aromatic N) is 4. The fourth-order valence-corrected chi connectivity index (χ4v) is 6.61. The molecule has 1 saturated heterocycles. The molecule has 0 radical (unpaired) electrons. The minimum atomic E-state index is -0.176. The summed E-state index contributed by atoms with van der Waals surface area (Å²) in [6.07, 6.45) is 6.21. The SMILES string of the molecule is COc1nc(-c2cccc(-c3cccc(-c4cnc(CNCC5CCC(=O)N5)c(OC)n4)c3Cl)c2Cl)cnc1CNCC1CC(O)C1. The fourth-order valence-electron chi connectivity index (χ4n) is 5.96. The highest BCUT2D eigenvalue weighted by molar-refractivity contribution is 6.39. The maximum absolute atomic E-state index is 11.5. The van der Waals surface area contributed by atoms with E-state index in [1.807, 2.05) is 36.4 Å². The van der Waals surface area contributed by atoms with Crippen LogP contribution < -0.4 is 25.4 Å². The van der Waals surface area contributed by atoms with Gasteiger partial charge in [0.2, 0.25) is 17.7 Å². The van der Waals surface area contributed by atoms with E-state index in [-0.39, 0.29) is 18.1 Å². The summed E-state index contributed by atoms with van der Waals surface area (Å²) in [5.41, 5.74) is 5.30. The number of rotatable bonds is 13. The van der Waals surface area contributed by atoms with Crippen LogP contribution in [-0.4, -0.2) is 70.4 Å². The summed E-state index contributed by atoms with van der Waals surface area (Å²) in [7, 11) is 3.13. The molecule has 6 rings (SSSR count). The summed E-state index contributed by atoms with van der Waals surface area (Å²) in [5, 5.41) is 20.1. The molecule has 2 fully saturated rings. The van der Waals surface area contributed by atoms with Crippen molar-refractivity contribution in [2.45, 2.75) is 50.9 Å². The van der Waals surface area contributed by atoms with Gasteiger partial charge in [0.1, 0.15) is 11.4 Å². The summed E-state index contributed by atoms with van der Waals surface area (Å²) in [5.74, 6) is 1.37. The first-order valence-corrected chi connectivity index (χ1v) is 16.4. The lowest BCUT2D eigenvalue weighted by Crippen LogP contribution is -2.36. The molecular weight excluding hydrogens is 641 g/mol. The molecule has 11 nitrogen and oxygen atoms in total. The number of aliphatic hydroxyl groups excluding tert-OH is 1. The second-order valence-corrected chi connectivity index (χ2v) is 12.6. The monoisotopic (exact) mass is 677 g/mol. The van der Waals surface area contributed by atoms with Gasteiger partial charge in [0.25, 0.3) is 0 Å². The van der Waals surface area contributed by atoms with E-state index in [2.05, 4.69) is 25.9 Å². The Morgan fingerprint density at radius 2 is 1.34 bits per heavy atom. The van der Waals surface area contributed by atoms with E-state index < -0.39 is 0 Å². The van der Waals surface area contributed by atoms with Crippen LogP contribution >= 0.6 is 23.2 Å². The molecule has 4 N–H and O–H groups in total. The molecule has 0 spiro atoms. The van der Waals surface area contributed by atoms with Crippen molar-refractivity contribution in [3.63, 3.8) is 0 Å². The molecule has 1 amide bonds. The van der Waals surface area contributed by atoms with Gasteiger partial charge >= 0.3 is 0 Å². The summed E-state index contributed by atoms with van der Waals surface area (Å²) >= 11 is 14.1. The van der Waals surface area contributed by atoms with Crippen molar-refractivity contribution in [1.29, 1.82) is 0 Å². The van der Waals surface area contributed by atoms with Gasteiger partial charge in [-0.1, -0.05) is 59.6 Å². The second kappa shape index (κ2) is 14.9. The van der Waals surface area contributed by atoms with Gasteiger partial charge in [-0.3, -0.25) is 14.8 Å². The van der Waals surface area contributed by atoms with Crippen LogP contribution in [0.4, 0.5) is 0 Å². The molecular formula is C34H37Cl2N7O4. The van der Waals surface area contributed by atoms with Crippen LogP contribution in [0.5, 0.6) is 11.8 Å². The van der Waals surface area contributed by atoms with Gasteiger partial charge in [0.05, 0.1) is 54.2 Å². The number of aliphatic hydroxyl groups is 1. The smallest absolute Gasteiger partial charge is 0.237 e. The zero-order valence-corrected chi connectivity index (χ0v) is 27.7. The number of hydrogen-bond acceptors (Lipinski definition) is 10. The van der Waals surface area contributed by atoms with Crippen LogP contribution in [0.3, 0.4) is 0 Å². The Kier molecular flexibility index (Phi) is 10.5. The minimum Gasteiger partial charge on any atom is -0.480 e. The molecule has 1 aliphatic heterocycles. The van der Waals surface area contributed by atoms with Gasteiger partial charge in [-0.25, -0.2) is 9.97 Å². The van der Waals surface area contributed by atoms with Crippen molar-refractivity contribution in [3.8, 4) is 45.4 Å². The lowest BCUT2D eigenvalue weighted by atomic mass is 9.82. The Balaban J connectivity index is 1.21. The van der Waals surface area contributed by atoms with E-state index in [4.69, 9.17) is 42.6 Å². The lowest BCUT2D eigenvalue weighted by Gasteiger charge is -2.31. The number of benzene rings is 2. The van der Waals surface area contributed by atoms with Crippen LogP contribution in [0.2, 0.25) is 10.0 Å². The number of carbonyl (C=O) groups is 1. The highest BCUT2D eigenvalue weighted by atomic mass is 35.5. The van der Waals surface area contributed by atoms with E-state index in [9.17, 15) is 9.90 Å². The maximum Gasteiger partial charge on any atom is 0.237 e. The van der Waals surface area contributed by atoms with Gasteiger partial charge in [0.15, 0.2) is 0 Å². The Hall–Kier alpha value is -3.87. The number of hydrogen-bond donors (Lipinski definition) is 4. The first-order valence-electron chi connectivity index (χ1n) is 15.6. The molecule has 246 valence electrons. The van der Waals surface area contributed by atoms with Crippen LogP contribution in [0.1, 0.15) is 37.1 Å². The summed E-state index contributed by atoms with van der Waals surface area (Å²) in [6, 6.07) is 11.5. The second-order valence-electron chi connectivity index (χ2n) is 11.8. The van der Waals surface area contributed by atoms with Crippen LogP contribution in [-0.2, 0) is 17.9 Å². The van der Waals surface area contributed by atoms with Crippen LogP contribution in [0, 0.1) is 5.92 Å². The number of amides is 1. The third kappa shape index (κ3) is 7.50. The molecule has 1 saturated carbocycles. The Morgan fingerprint density at radius 3 is 1.81 bits per heavy atom. The number of ether oxygens (including phenoxy) is 2. The molecule has 1 unspecified atom stereocenters. The number of halogens is 2. The zero-order valence-electron chi connectivity index (χ0n) is 26.2. The van der Waals surface area contributed by atoms with Gasteiger partial charge in [0, 0.05) is 54.4 Å². The number of methoxy groups -OCH3 is 2. The molecule has 2 aromatic carbocycles. The minimum absolute atomic E-state index is 0.0831. The molecule has 3 heterocycles. The Bertz CT molecular complexity index is 1750. The average Bonchev–Trinajstić information content (AvgIpc) is 3.49. The van der Waals surface area contributed by atoms with E-state index >= 15 is 0 Å². The Labute approximate surface area is 283 Å². The molecule has 13 heteroatoms. The van der Waals surface area contributed by atoms with Crippen LogP contribution in [0.25, 0.3) is 33.6 Å². The topological polar surface area (TPSA) is 143 Å². The molecule has 2 aliphatic rings. The highest BCUT2D eigenvalue weighted by Gasteiger charge is 2.27. The number of aromatic nitrogens is 4. The average molecular weight is 679 g/mol. The van der Waals surface area contributed by atoms with Gasteiger partial charge < -0.3 is 30.5 Å². The van der Waals surface area contributed by atoms with Crippen LogP contribution in [0.15, 0.2) is 48.8 Å². The summed E-state index contributed by atoms with van der Waals surface area (Å²) in [6.45, 7) is 2.39. The molecule has 1 atom stereocenters. The normalized spacial score (nSPS) is 18.9. The molecule has 2 aromatic heterocycles. The lowest BCUT2D eigenvalue weighted by molar-refractivity contribution is -0.119. The molecule has 4 aromatic rings. The zero-order chi connectivity index (χ0) is 32.9. The van der Waals surface area contributed by atoms with E-state index in [1.165, 1.54) is 0 Å². The maximum atomic E-state index is 11.5. The predicted octanol–water partition coefficient (Wildman–Crippen LogP) is 4.82. The van der Waals surface area contributed by atoms with Gasteiger partial charge in [-0.15, -0.1) is 0 Å². The Morgan fingerprint density at radius 1 is 0.830 bits per heavy atom. The molecule has 0 bridgehead atoms. The van der Waals surface area contributed by atoms with Gasteiger partial charge in [-0.2, -0.15) is 0 Å². The van der Waals surface area contributed by atoms with Crippen molar-refractivity contribution in [1.82, 2.24) is 35.9 Å². The van der Waals surface area contributed by atoms with E-state index in [1.54, 1.807) is 26.6 Å². The van der Waals surface area contributed by atoms with E-state index in [0.717, 1.165) is 36.9 Å². The van der Waals surface area contributed by atoms with Crippen molar-refractivity contribution in [3.05, 3.63) is 70.2 Å². The fraction of sp³-hybridized carbons (Fsp3) is 0.382. The summed E-state index contributed by atoms with van der Waals surface area (Å²) in [4.78, 5) is 30.2. The first kappa shape index (κ1) is 33.0.